The second-order valence-corrected chi connectivity index (χ2v) is 6.27. The minimum Gasteiger partial charge on any atom is -0.322 e. The molecule has 2 aromatic rings. The number of aryl methyl sites for hydroxylation is 1. The molecule has 24 heavy (non-hydrogen) atoms. The molecular formula is C21H24N2O. The molecule has 3 heteroatoms. The summed E-state index contributed by atoms with van der Waals surface area (Å²) in [6.07, 6.45) is 4.43. The van der Waals surface area contributed by atoms with Crippen LogP contribution in [0.15, 0.2) is 59.6 Å². The van der Waals surface area contributed by atoms with Gasteiger partial charge in [0.1, 0.15) is 5.84 Å². The molecule has 0 bridgehead atoms. The van der Waals surface area contributed by atoms with E-state index in [1.807, 2.05) is 42.5 Å². The van der Waals surface area contributed by atoms with Gasteiger partial charge >= 0.3 is 0 Å². The Morgan fingerprint density at radius 3 is 2.54 bits per heavy atom. The molecule has 1 aliphatic rings. The Balaban J connectivity index is 1.91. The van der Waals surface area contributed by atoms with Crippen LogP contribution in [0.5, 0.6) is 0 Å². The van der Waals surface area contributed by atoms with E-state index in [9.17, 15) is 4.79 Å². The Morgan fingerprint density at radius 1 is 1.00 bits per heavy atom. The van der Waals surface area contributed by atoms with Gasteiger partial charge in [-0.05, 0) is 31.4 Å². The topological polar surface area (TPSA) is 32.7 Å². The molecule has 0 amide bonds. The minimum atomic E-state index is 0.130. The molecule has 0 unspecified atom stereocenters. The van der Waals surface area contributed by atoms with Crippen molar-refractivity contribution in [3.8, 4) is 0 Å². The van der Waals surface area contributed by atoms with Gasteiger partial charge in [0, 0.05) is 24.2 Å². The van der Waals surface area contributed by atoms with E-state index in [0.29, 0.717) is 6.54 Å². The van der Waals surface area contributed by atoms with Crippen LogP contribution in [0.3, 0.4) is 0 Å². The van der Waals surface area contributed by atoms with E-state index in [1.54, 1.807) is 0 Å². The second-order valence-electron chi connectivity index (χ2n) is 6.27. The van der Waals surface area contributed by atoms with Gasteiger partial charge in [-0.1, -0.05) is 55.0 Å². The number of aliphatic imine (C=N–C) groups is 1. The Morgan fingerprint density at radius 2 is 1.75 bits per heavy atom. The van der Waals surface area contributed by atoms with Crippen molar-refractivity contribution in [2.45, 2.75) is 32.6 Å². The zero-order valence-corrected chi connectivity index (χ0v) is 14.2. The first-order valence-corrected chi connectivity index (χ1v) is 8.70. The summed E-state index contributed by atoms with van der Waals surface area (Å²) in [4.78, 5) is 19.7. The van der Waals surface area contributed by atoms with Gasteiger partial charge in [0.15, 0.2) is 5.78 Å². The molecule has 0 spiro atoms. The highest BCUT2D eigenvalue weighted by Gasteiger charge is 2.20. The number of hydrogen-bond donors (Lipinski definition) is 0. The van der Waals surface area contributed by atoms with Gasteiger partial charge in [0.2, 0.25) is 0 Å². The minimum absolute atomic E-state index is 0.130. The fraction of sp³-hybridized carbons (Fsp3) is 0.333. The molecule has 0 saturated carbocycles. The van der Waals surface area contributed by atoms with Gasteiger partial charge in [-0.15, -0.1) is 0 Å². The molecule has 124 valence electrons. The van der Waals surface area contributed by atoms with Crippen LogP contribution >= 0.6 is 0 Å². The highest BCUT2D eigenvalue weighted by Crippen LogP contribution is 2.23. The molecule has 0 aromatic heterocycles. The van der Waals surface area contributed by atoms with Gasteiger partial charge in [-0.3, -0.25) is 9.79 Å². The van der Waals surface area contributed by atoms with Gasteiger partial charge < -0.3 is 4.90 Å². The van der Waals surface area contributed by atoms with E-state index in [1.165, 1.54) is 12.0 Å². The third kappa shape index (κ3) is 3.91. The van der Waals surface area contributed by atoms with Crippen LogP contribution in [0.4, 0.5) is 5.69 Å². The van der Waals surface area contributed by atoms with Crippen LogP contribution in [0, 0.1) is 6.92 Å². The lowest BCUT2D eigenvalue weighted by molar-refractivity contribution is 0.100. The van der Waals surface area contributed by atoms with E-state index < -0.39 is 0 Å². The lowest BCUT2D eigenvalue weighted by Crippen LogP contribution is -2.36. The smallest absolute Gasteiger partial charge is 0.182 e. The predicted octanol–water partition coefficient (Wildman–Crippen LogP) is 4.66. The summed E-state index contributed by atoms with van der Waals surface area (Å²) < 4.78 is 0. The van der Waals surface area contributed by atoms with Crippen molar-refractivity contribution in [1.82, 2.24) is 0 Å². The maximum atomic E-state index is 12.8. The second kappa shape index (κ2) is 7.91. The van der Waals surface area contributed by atoms with Crippen molar-refractivity contribution >= 4 is 17.3 Å². The van der Waals surface area contributed by atoms with Crippen molar-refractivity contribution in [2.75, 3.05) is 18.0 Å². The van der Waals surface area contributed by atoms with Crippen LogP contribution in [-0.2, 0) is 0 Å². The molecule has 2 aromatic carbocycles. The van der Waals surface area contributed by atoms with Gasteiger partial charge in [0.05, 0.1) is 6.54 Å². The van der Waals surface area contributed by atoms with Crippen LogP contribution in [0.25, 0.3) is 0 Å². The lowest BCUT2D eigenvalue weighted by Gasteiger charge is -2.27. The van der Waals surface area contributed by atoms with Crippen LogP contribution in [-0.4, -0.2) is 24.7 Å². The quantitative estimate of drug-likeness (QED) is 0.768. The third-order valence-corrected chi connectivity index (χ3v) is 4.47. The van der Waals surface area contributed by atoms with Gasteiger partial charge in [0.25, 0.3) is 0 Å². The van der Waals surface area contributed by atoms with Gasteiger partial charge in [-0.2, -0.15) is 0 Å². The third-order valence-electron chi connectivity index (χ3n) is 4.47. The number of Topliss-reactive ketones (excluding diaryl/α,β-unsaturated/α-hetero) is 1. The van der Waals surface area contributed by atoms with E-state index in [-0.39, 0.29) is 5.78 Å². The molecule has 0 radical (unpaired) electrons. The zero-order chi connectivity index (χ0) is 16.8. The number of anilines is 1. The Kier molecular flexibility index (Phi) is 5.42. The molecule has 1 heterocycles. The molecule has 0 saturated heterocycles. The molecule has 1 aliphatic heterocycles. The van der Waals surface area contributed by atoms with E-state index in [0.717, 1.165) is 42.9 Å². The van der Waals surface area contributed by atoms with E-state index in [4.69, 9.17) is 4.99 Å². The van der Waals surface area contributed by atoms with Crippen molar-refractivity contribution in [1.29, 1.82) is 0 Å². The number of carbonyl (C=O) groups is 1. The average Bonchev–Trinajstić information content (AvgIpc) is 2.90. The summed E-state index contributed by atoms with van der Waals surface area (Å²) in [5.41, 5.74) is 3.01. The summed E-state index contributed by atoms with van der Waals surface area (Å²) in [5.74, 6) is 1.18. The first-order chi connectivity index (χ1) is 11.8. The highest BCUT2D eigenvalue weighted by atomic mass is 16.1. The number of nitrogens with zero attached hydrogens (tertiary/aromatic N) is 2. The highest BCUT2D eigenvalue weighted by molar-refractivity contribution is 6.07. The maximum absolute atomic E-state index is 12.8. The fourth-order valence-corrected chi connectivity index (χ4v) is 3.12. The number of rotatable bonds is 4. The van der Waals surface area contributed by atoms with Crippen molar-refractivity contribution in [2.24, 2.45) is 4.99 Å². The summed E-state index contributed by atoms with van der Waals surface area (Å²) in [5, 5.41) is 0. The molecule has 0 aliphatic carbocycles. The largest absolute Gasteiger partial charge is 0.322 e. The fourth-order valence-electron chi connectivity index (χ4n) is 3.12. The summed E-state index contributed by atoms with van der Waals surface area (Å²) in [6.45, 7) is 3.29. The van der Waals surface area contributed by atoms with Crippen molar-refractivity contribution < 1.29 is 4.79 Å². The number of carbonyl (C=O) groups excluding carboxylic acids is 1. The van der Waals surface area contributed by atoms with E-state index >= 15 is 0 Å². The van der Waals surface area contributed by atoms with Crippen molar-refractivity contribution in [3.63, 3.8) is 0 Å². The Hall–Kier alpha value is -2.42. The first kappa shape index (κ1) is 16.4. The maximum Gasteiger partial charge on any atom is 0.182 e. The summed E-state index contributed by atoms with van der Waals surface area (Å²) >= 11 is 0. The number of ketones is 1. The SMILES string of the molecule is Cc1ccccc1N(CC(=O)c1ccccc1)C1=NCCCCC1. The standard InChI is InChI=1S/C21H24N2O/c1-17-10-7-8-13-19(17)23(21-14-6-3-9-15-22-21)16-20(24)18-11-4-2-5-12-18/h2,4-5,7-8,10-13H,3,6,9,14-16H2,1H3. The first-order valence-electron chi connectivity index (χ1n) is 8.70. The summed E-state index contributed by atoms with van der Waals surface area (Å²) in [7, 11) is 0. The van der Waals surface area contributed by atoms with Crippen LogP contribution < -0.4 is 4.90 Å². The lowest BCUT2D eigenvalue weighted by atomic mass is 10.1. The number of amidine groups is 1. The Labute approximate surface area is 144 Å². The Bertz CT molecular complexity index is 722. The van der Waals surface area contributed by atoms with E-state index in [2.05, 4.69) is 24.0 Å². The number of hydrogen-bond acceptors (Lipinski definition) is 3. The molecule has 0 atom stereocenters. The number of para-hydroxylation sites is 1. The zero-order valence-electron chi connectivity index (χ0n) is 14.2. The molecular weight excluding hydrogens is 296 g/mol. The number of benzene rings is 2. The monoisotopic (exact) mass is 320 g/mol. The molecule has 0 fully saturated rings. The molecule has 3 nitrogen and oxygen atoms in total. The van der Waals surface area contributed by atoms with Crippen LogP contribution in [0.1, 0.15) is 41.6 Å². The predicted molar refractivity (Wildman–Crippen MR) is 100 cm³/mol. The van der Waals surface area contributed by atoms with Crippen LogP contribution in [0.2, 0.25) is 0 Å². The average molecular weight is 320 g/mol. The molecule has 0 N–H and O–H groups in total. The molecule has 3 rings (SSSR count). The normalized spacial score (nSPS) is 14.6. The van der Waals surface area contributed by atoms with Crippen molar-refractivity contribution in [3.05, 3.63) is 65.7 Å². The van der Waals surface area contributed by atoms with Gasteiger partial charge in [-0.25, -0.2) is 0 Å². The summed E-state index contributed by atoms with van der Waals surface area (Å²) in [6, 6.07) is 17.8.